The van der Waals surface area contributed by atoms with E-state index >= 15 is 0 Å². The Hall–Kier alpha value is -2.22. The van der Waals surface area contributed by atoms with Gasteiger partial charge in [-0.2, -0.15) is 0 Å². The number of nitrogen functional groups attached to an aromatic ring is 1. The predicted octanol–water partition coefficient (Wildman–Crippen LogP) is 1.68. The summed E-state index contributed by atoms with van der Waals surface area (Å²) in [5.74, 6) is 0.126. The van der Waals surface area contributed by atoms with Crippen molar-refractivity contribution >= 4 is 23.0 Å². The van der Waals surface area contributed by atoms with Gasteiger partial charge in [-0.05, 0) is 33.6 Å². The summed E-state index contributed by atoms with van der Waals surface area (Å²) in [4.78, 5) is 24.2. The number of imidazole rings is 1. The smallest absolute Gasteiger partial charge is 0.311 e. The molecule has 0 spiro atoms. The lowest BCUT2D eigenvalue weighted by Crippen LogP contribution is -2.27. The highest BCUT2D eigenvalue weighted by Crippen LogP contribution is 2.31. The van der Waals surface area contributed by atoms with Gasteiger partial charge in [0.15, 0.2) is 11.5 Å². The van der Waals surface area contributed by atoms with E-state index in [0.29, 0.717) is 17.0 Å². The molecule has 0 aliphatic carbocycles. The molecule has 1 aliphatic heterocycles. The van der Waals surface area contributed by atoms with Crippen molar-refractivity contribution in [2.75, 3.05) is 12.3 Å². The van der Waals surface area contributed by atoms with Crippen LogP contribution in [0.1, 0.15) is 39.8 Å². The predicted molar refractivity (Wildman–Crippen MR) is 83.3 cm³/mol. The first kappa shape index (κ1) is 15.7. The number of ether oxygens (including phenoxy) is 2. The molecular weight excluding hydrogens is 298 g/mol. The minimum atomic E-state index is -0.507. The van der Waals surface area contributed by atoms with Crippen molar-refractivity contribution in [2.45, 2.75) is 45.9 Å². The molecule has 124 valence electrons. The quantitative estimate of drug-likeness (QED) is 0.858. The molecule has 0 amide bonds. The molecule has 3 rings (SSSR count). The fourth-order valence-electron chi connectivity index (χ4n) is 2.48. The van der Waals surface area contributed by atoms with Crippen LogP contribution in [0, 0.1) is 5.41 Å². The third kappa shape index (κ3) is 3.12. The van der Waals surface area contributed by atoms with Gasteiger partial charge in [-0.25, -0.2) is 15.0 Å². The van der Waals surface area contributed by atoms with E-state index in [1.165, 1.54) is 6.33 Å². The lowest BCUT2D eigenvalue weighted by molar-refractivity contribution is -0.157. The zero-order chi connectivity index (χ0) is 16.6. The number of nitrogens with two attached hydrogens (primary N) is 1. The van der Waals surface area contributed by atoms with E-state index in [1.807, 2.05) is 25.3 Å². The molecule has 1 saturated heterocycles. The Kier molecular flexibility index (Phi) is 3.93. The number of carbonyl (C=O) groups is 1. The molecule has 0 saturated carbocycles. The van der Waals surface area contributed by atoms with Gasteiger partial charge >= 0.3 is 5.97 Å². The van der Waals surface area contributed by atoms with Crippen LogP contribution >= 0.6 is 0 Å². The van der Waals surface area contributed by atoms with Crippen molar-refractivity contribution in [3.05, 3.63) is 12.7 Å². The first-order valence-corrected chi connectivity index (χ1v) is 7.62. The summed E-state index contributed by atoms with van der Waals surface area (Å²) in [7, 11) is 0. The molecule has 1 fully saturated rings. The highest BCUT2D eigenvalue weighted by atomic mass is 16.6. The van der Waals surface area contributed by atoms with E-state index in [-0.39, 0.29) is 24.9 Å². The van der Waals surface area contributed by atoms with Crippen molar-refractivity contribution < 1.29 is 14.3 Å². The van der Waals surface area contributed by atoms with E-state index in [4.69, 9.17) is 15.2 Å². The first-order valence-electron chi connectivity index (χ1n) is 7.62. The Morgan fingerprint density at radius 3 is 2.91 bits per heavy atom. The number of esters is 1. The second-order valence-corrected chi connectivity index (χ2v) is 6.72. The van der Waals surface area contributed by atoms with E-state index < -0.39 is 5.41 Å². The second-order valence-electron chi connectivity index (χ2n) is 6.72. The Bertz CT molecular complexity index is 721. The van der Waals surface area contributed by atoms with Crippen molar-refractivity contribution in [1.29, 1.82) is 0 Å². The number of aromatic nitrogens is 4. The van der Waals surface area contributed by atoms with E-state index in [1.54, 1.807) is 6.33 Å². The van der Waals surface area contributed by atoms with Crippen LogP contribution in [0.2, 0.25) is 0 Å². The van der Waals surface area contributed by atoms with Gasteiger partial charge in [0.25, 0.3) is 0 Å². The molecule has 2 aromatic rings. The molecular formula is C15H21N5O3. The lowest BCUT2D eigenvalue weighted by Gasteiger charge is -2.19. The molecule has 0 radical (unpaired) electrons. The van der Waals surface area contributed by atoms with Gasteiger partial charge in [-0.3, -0.25) is 9.36 Å². The van der Waals surface area contributed by atoms with Crippen LogP contribution in [0.25, 0.3) is 11.2 Å². The van der Waals surface area contributed by atoms with Crippen LogP contribution in [-0.2, 0) is 14.3 Å². The molecule has 0 unspecified atom stereocenters. The maximum absolute atomic E-state index is 11.8. The fraction of sp³-hybridized carbons (Fsp3) is 0.600. The average Bonchev–Trinajstić information content (AvgIpc) is 3.10. The van der Waals surface area contributed by atoms with E-state index in [2.05, 4.69) is 15.0 Å². The monoisotopic (exact) mass is 319 g/mol. The highest BCUT2D eigenvalue weighted by Gasteiger charge is 2.30. The molecule has 8 heteroatoms. The standard InChI is InChI=1S/C15H21N5O3/c1-15(2,3)14(21)22-6-9-4-5-10(23-9)20-8-19-11-12(16)17-7-18-13(11)20/h7-10H,4-6H2,1-3H3,(H2,16,17,18)/t9-,10+/m0/s1. The van der Waals surface area contributed by atoms with Gasteiger partial charge < -0.3 is 15.2 Å². The Balaban J connectivity index is 1.65. The molecule has 0 bridgehead atoms. The molecule has 23 heavy (non-hydrogen) atoms. The highest BCUT2D eigenvalue weighted by molar-refractivity contribution is 5.81. The van der Waals surface area contributed by atoms with Gasteiger partial charge in [0.05, 0.1) is 17.8 Å². The first-order chi connectivity index (χ1) is 10.9. The van der Waals surface area contributed by atoms with E-state index in [9.17, 15) is 4.79 Å². The molecule has 0 aromatic carbocycles. The topological polar surface area (TPSA) is 105 Å². The van der Waals surface area contributed by atoms with Crippen molar-refractivity contribution in [1.82, 2.24) is 19.5 Å². The third-order valence-electron chi connectivity index (χ3n) is 3.80. The maximum atomic E-state index is 11.8. The average molecular weight is 319 g/mol. The van der Waals surface area contributed by atoms with Crippen molar-refractivity contribution in [3.63, 3.8) is 0 Å². The molecule has 2 aromatic heterocycles. The third-order valence-corrected chi connectivity index (χ3v) is 3.80. The lowest BCUT2D eigenvalue weighted by atomic mass is 9.97. The van der Waals surface area contributed by atoms with Crippen molar-refractivity contribution in [3.8, 4) is 0 Å². The molecule has 2 atom stereocenters. The van der Waals surface area contributed by atoms with Gasteiger partial charge in [-0.1, -0.05) is 0 Å². The van der Waals surface area contributed by atoms with Crippen LogP contribution < -0.4 is 5.73 Å². The van der Waals surface area contributed by atoms with Crippen LogP contribution in [0.4, 0.5) is 5.82 Å². The summed E-state index contributed by atoms with van der Waals surface area (Å²) in [5, 5.41) is 0. The normalized spacial score (nSPS) is 21.7. The summed E-state index contributed by atoms with van der Waals surface area (Å²) >= 11 is 0. The van der Waals surface area contributed by atoms with E-state index in [0.717, 1.165) is 12.8 Å². The minimum Gasteiger partial charge on any atom is -0.463 e. The van der Waals surface area contributed by atoms with Gasteiger partial charge in [-0.15, -0.1) is 0 Å². The minimum absolute atomic E-state index is 0.122. The fourth-order valence-corrected chi connectivity index (χ4v) is 2.48. The largest absolute Gasteiger partial charge is 0.463 e. The number of carbonyl (C=O) groups excluding carboxylic acids is 1. The number of hydrogen-bond donors (Lipinski definition) is 1. The second kappa shape index (κ2) is 5.77. The summed E-state index contributed by atoms with van der Waals surface area (Å²) in [6.07, 6.45) is 4.36. The molecule has 2 N–H and O–H groups in total. The maximum Gasteiger partial charge on any atom is 0.311 e. The summed E-state index contributed by atoms with van der Waals surface area (Å²) in [5.41, 5.74) is 6.50. The van der Waals surface area contributed by atoms with Crippen LogP contribution in [0.3, 0.4) is 0 Å². The number of anilines is 1. The molecule has 3 heterocycles. The Labute approximate surface area is 134 Å². The van der Waals surface area contributed by atoms with Crippen LogP contribution in [0.5, 0.6) is 0 Å². The summed E-state index contributed by atoms with van der Waals surface area (Å²) in [6.45, 7) is 5.75. The molecule has 1 aliphatic rings. The molecule has 8 nitrogen and oxygen atoms in total. The number of rotatable bonds is 3. The number of hydrogen-bond acceptors (Lipinski definition) is 7. The Morgan fingerprint density at radius 1 is 1.39 bits per heavy atom. The zero-order valence-corrected chi connectivity index (χ0v) is 13.5. The Morgan fingerprint density at radius 2 is 2.17 bits per heavy atom. The summed E-state index contributed by atoms with van der Waals surface area (Å²) < 4.78 is 13.1. The van der Waals surface area contributed by atoms with Crippen LogP contribution in [-0.4, -0.2) is 38.2 Å². The van der Waals surface area contributed by atoms with Gasteiger partial charge in [0.2, 0.25) is 0 Å². The zero-order valence-electron chi connectivity index (χ0n) is 13.5. The number of fused-ring (bicyclic) bond motifs is 1. The number of nitrogens with zero attached hydrogens (tertiary/aromatic N) is 4. The van der Waals surface area contributed by atoms with Crippen molar-refractivity contribution in [2.24, 2.45) is 5.41 Å². The van der Waals surface area contributed by atoms with Crippen LogP contribution in [0.15, 0.2) is 12.7 Å². The van der Waals surface area contributed by atoms with Gasteiger partial charge in [0.1, 0.15) is 24.7 Å². The SMILES string of the molecule is CC(C)(C)C(=O)OC[C@@H]1CC[C@H](n2cnc3c(N)ncnc32)O1. The summed E-state index contributed by atoms with van der Waals surface area (Å²) in [6, 6.07) is 0. The van der Waals surface area contributed by atoms with Gasteiger partial charge in [0, 0.05) is 0 Å².